The molecule has 0 radical (unpaired) electrons. The zero-order valence-corrected chi connectivity index (χ0v) is 8.30. The highest BCUT2D eigenvalue weighted by molar-refractivity contribution is 7.91. The van der Waals surface area contributed by atoms with Crippen molar-refractivity contribution in [2.45, 2.75) is 3.79 Å². The van der Waals surface area contributed by atoms with Crippen LogP contribution in [0.15, 0.2) is 0 Å². The minimum atomic E-state index is -3.55. The molecule has 0 saturated heterocycles. The van der Waals surface area contributed by atoms with Gasteiger partial charge in [0, 0.05) is 0 Å². The van der Waals surface area contributed by atoms with Crippen molar-refractivity contribution in [3.05, 3.63) is 0 Å². The average Bonchev–Trinajstić information content (AvgIpc) is 1.55. The first-order valence-corrected chi connectivity index (χ1v) is 5.36. The van der Waals surface area contributed by atoms with E-state index in [1.807, 2.05) is 0 Å². The summed E-state index contributed by atoms with van der Waals surface area (Å²) in [6.07, 6.45) is 0. The van der Waals surface area contributed by atoms with E-state index in [1.54, 1.807) is 0 Å². The number of nitrogens with zero attached hydrogens (tertiary/aromatic N) is 1. The molecular formula is C4H4Cl3NO2S. The summed E-state index contributed by atoms with van der Waals surface area (Å²) in [5.41, 5.74) is 0. The fourth-order valence-electron chi connectivity index (χ4n) is 0.399. The van der Waals surface area contributed by atoms with Gasteiger partial charge in [-0.15, -0.1) is 0 Å². The van der Waals surface area contributed by atoms with Gasteiger partial charge < -0.3 is 0 Å². The second-order valence-corrected chi connectivity index (χ2v) is 6.39. The third kappa shape index (κ3) is 6.70. The molecule has 0 bridgehead atoms. The van der Waals surface area contributed by atoms with Gasteiger partial charge in [-0.2, -0.15) is 5.26 Å². The van der Waals surface area contributed by atoms with E-state index in [0.29, 0.717) is 0 Å². The monoisotopic (exact) mass is 235 g/mol. The topological polar surface area (TPSA) is 57.9 Å². The standard InChI is InChI=1S/C4H4Cl3NO2S/c5-4(6,7)3-11(9,10)2-1-8/h2-3H2. The first-order chi connectivity index (χ1) is 4.77. The van der Waals surface area contributed by atoms with Gasteiger partial charge in [0.1, 0.15) is 5.75 Å². The molecule has 0 rings (SSSR count). The summed E-state index contributed by atoms with van der Waals surface area (Å²) in [4.78, 5) is 0. The van der Waals surface area contributed by atoms with Crippen LogP contribution in [0.2, 0.25) is 0 Å². The largest absolute Gasteiger partial charge is 0.228 e. The van der Waals surface area contributed by atoms with E-state index in [-0.39, 0.29) is 0 Å². The molecule has 3 nitrogen and oxygen atoms in total. The molecular weight excluding hydrogens is 232 g/mol. The Morgan fingerprint density at radius 2 is 1.82 bits per heavy atom. The number of hydrogen-bond acceptors (Lipinski definition) is 3. The third-order valence-corrected chi connectivity index (χ3v) is 2.99. The van der Waals surface area contributed by atoms with Crippen LogP contribution < -0.4 is 0 Å². The summed E-state index contributed by atoms with van der Waals surface area (Å²) >= 11 is 15.6. The molecule has 0 aliphatic heterocycles. The summed E-state index contributed by atoms with van der Waals surface area (Å²) in [6, 6.07) is 1.47. The molecule has 11 heavy (non-hydrogen) atoms. The van der Waals surface area contributed by atoms with E-state index in [0.717, 1.165) is 0 Å². The fraction of sp³-hybridized carbons (Fsp3) is 0.750. The number of nitriles is 1. The van der Waals surface area contributed by atoms with Gasteiger partial charge in [-0.1, -0.05) is 34.8 Å². The first-order valence-electron chi connectivity index (χ1n) is 2.41. The van der Waals surface area contributed by atoms with Crippen LogP contribution in [0, 0.1) is 11.3 Å². The van der Waals surface area contributed by atoms with Crippen LogP contribution in [0.5, 0.6) is 0 Å². The summed E-state index contributed by atoms with van der Waals surface area (Å²) in [5, 5.41) is 8.04. The maximum Gasteiger partial charge on any atom is 0.204 e. The normalized spacial score (nSPS) is 12.5. The number of alkyl halides is 3. The van der Waals surface area contributed by atoms with Crippen molar-refractivity contribution < 1.29 is 8.42 Å². The van der Waals surface area contributed by atoms with E-state index in [9.17, 15) is 8.42 Å². The van der Waals surface area contributed by atoms with Gasteiger partial charge in [-0.3, -0.25) is 0 Å². The second-order valence-electron chi connectivity index (χ2n) is 1.81. The third-order valence-electron chi connectivity index (χ3n) is 0.668. The lowest BCUT2D eigenvalue weighted by molar-refractivity contribution is 0.599. The first kappa shape index (κ1) is 11.3. The molecule has 0 aliphatic rings. The molecule has 0 fully saturated rings. The van der Waals surface area contributed by atoms with E-state index in [4.69, 9.17) is 40.1 Å². The number of halogens is 3. The number of sulfone groups is 1. The Bertz CT molecular complexity index is 260. The lowest BCUT2D eigenvalue weighted by atomic mass is 10.9. The highest BCUT2D eigenvalue weighted by atomic mass is 35.6. The Hall–Kier alpha value is 0.310. The van der Waals surface area contributed by atoms with E-state index in [2.05, 4.69) is 0 Å². The predicted octanol–water partition coefficient (Wildman–Crippen LogP) is 1.29. The second kappa shape index (κ2) is 3.81. The summed E-state index contributed by atoms with van der Waals surface area (Å²) in [5.74, 6) is -1.25. The van der Waals surface area contributed by atoms with Gasteiger partial charge in [0.25, 0.3) is 0 Å². The van der Waals surface area contributed by atoms with Crippen LogP contribution in [0.4, 0.5) is 0 Å². The minimum absolute atomic E-state index is 0.624. The molecule has 0 amide bonds. The predicted molar refractivity (Wildman–Crippen MR) is 44.6 cm³/mol. The quantitative estimate of drug-likeness (QED) is 0.679. The zero-order valence-electron chi connectivity index (χ0n) is 5.22. The van der Waals surface area contributed by atoms with Gasteiger partial charge in [0.15, 0.2) is 9.84 Å². The van der Waals surface area contributed by atoms with E-state index < -0.39 is 25.1 Å². The van der Waals surface area contributed by atoms with Crippen molar-refractivity contribution in [2.75, 3.05) is 11.5 Å². The van der Waals surface area contributed by atoms with Gasteiger partial charge in [-0.05, 0) is 0 Å². The van der Waals surface area contributed by atoms with Crippen molar-refractivity contribution in [2.24, 2.45) is 0 Å². The number of rotatable bonds is 2. The van der Waals surface area contributed by atoms with Crippen molar-refractivity contribution in [3.63, 3.8) is 0 Å². The van der Waals surface area contributed by atoms with Crippen LogP contribution >= 0.6 is 34.8 Å². The van der Waals surface area contributed by atoms with Crippen LogP contribution in [-0.4, -0.2) is 23.7 Å². The highest BCUT2D eigenvalue weighted by Gasteiger charge is 2.28. The van der Waals surface area contributed by atoms with Crippen LogP contribution in [0.25, 0.3) is 0 Å². The SMILES string of the molecule is N#CCS(=O)(=O)CC(Cl)(Cl)Cl. The van der Waals surface area contributed by atoms with Crippen LogP contribution in [0.3, 0.4) is 0 Å². The molecule has 0 N–H and O–H groups in total. The maximum absolute atomic E-state index is 10.8. The lowest BCUT2D eigenvalue weighted by Gasteiger charge is -2.08. The minimum Gasteiger partial charge on any atom is -0.228 e. The van der Waals surface area contributed by atoms with Gasteiger partial charge in [-0.25, -0.2) is 8.42 Å². The molecule has 0 aromatic rings. The van der Waals surface area contributed by atoms with Crippen molar-refractivity contribution in [1.29, 1.82) is 5.26 Å². The fourth-order valence-corrected chi connectivity index (χ4v) is 2.69. The molecule has 0 saturated carbocycles. The van der Waals surface area contributed by atoms with Crippen molar-refractivity contribution in [3.8, 4) is 6.07 Å². The molecule has 64 valence electrons. The van der Waals surface area contributed by atoms with Crippen molar-refractivity contribution >= 4 is 44.6 Å². The van der Waals surface area contributed by atoms with Gasteiger partial charge in [0.05, 0.1) is 11.8 Å². The zero-order chi connectivity index (χ0) is 9.12. The van der Waals surface area contributed by atoms with Crippen molar-refractivity contribution in [1.82, 2.24) is 0 Å². The lowest BCUT2D eigenvalue weighted by Crippen LogP contribution is -2.21. The molecule has 0 spiro atoms. The molecule has 7 heteroatoms. The molecule has 0 aromatic carbocycles. The Kier molecular flexibility index (Phi) is 3.92. The summed E-state index contributed by atoms with van der Waals surface area (Å²) in [6.45, 7) is 0. The number of hydrogen-bond donors (Lipinski definition) is 0. The maximum atomic E-state index is 10.8. The van der Waals surface area contributed by atoms with Crippen LogP contribution in [0.1, 0.15) is 0 Å². The average molecular weight is 237 g/mol. The Morgan fingerprint density at radius 1 is 1.36 bits per heavy atom. The molecule has 0 unspecified atom stereocenters. The summed E-state index contributed by atoms with van der Waals surface area (Å²) in [7, 11) is -3.55. The molecule has 0 aliphatic carbocycles. The molecule has 0 atom stereocenters. The Labute approximate surface area is 79.8 Å². The van der Waals surface area contributed by atoms with E-state index >= 15 is 0 Å². The van der Waals surface area contributed by atoms with E-state index in [1.165, 1.54) is 6.07 Å². The molecule has 0 aromatic heterocycles. The van der Waals surface area contributed by atoms with Crippen LogP contribution in [-0.2, 0) is 9.84 Å². The van der Waals surface area contributed by atoms with Gasteiger partial charge >= 0.3 is 0 Å². The Balaban J connectivity index is 4.30. The molecule has 0 heterocycles. The smallest absolute Gasteiger partial charge is 0.204 e. The Morgan fingerprint density at radius 3 is 2.09 bits per heavy atom. The summed E-state index contributed by atoms with van der Waals surface area (Å²) < 4.78 is 19.7. The highest BCUT2D eigenvalue weighted by Crippen LogP contribution is 2.27. The van der Waals surface area contributed by atoms with Gasteiger partial charge in [0.2, 0.25) is 3.79 Å².